The number of amides is 1. The number of nitrogens with one attached hydrogen (secondary N) is 2. The van der Waals surface area contributed by atoms with Crippen LogP contribution in [-0.2, 0) is 27.6 Å². The first-order valence-electron chi connectivity index (χ1n) is 14.7. The summed E-state index contributed by atoms with van der Waals surface area (Å²) in [5.74, 6) is -1.23. The molecule has 2 aromatic rings. The Morgan fingerprint density at radius 1 is 1.15 bits per heavy atom. The summed E-state index contributed by atoms with van der Waals surface area (Å²) < 4.78 is 89.5. The molecule has 2 aromatic carbocycles. The van der Waals surface area contributed by atoms with E-state index in [1.807, 2.05) is 24.3 Å². The number of carbonyl (C=O) groups excluding carboxylic acids is 1. The molecule has 14 heteroatoms. The van der Waals surface area contributed by atoms with Gasteiger partial charge in [0.05, 0.1) is 24.6 Å². The minimum absolute atomic E-state index is 0.0308. The van der Waals surface area contributed by atoms with Gasteiger partial charge in [-0.25, -0.2) is 17.1 Å². The molecule has 47 heavy (non-hydrogen) atoms. The maximum Gasteiger partial charge on any atom is 0.421 e. The second-order valence-electron chi connectivity index (χ2n) is 11.4. The highest BCUT2D eigenvalue weighted by atomic mass is 32.2. The van der Waals surface area contributed by atoms with Crippen molar-refractivity contribution in [3.8, 4) is 5.75 Å². The zero-order chi connectivity index (χ0) is 35.1. The molecule has 2 aliphatic carbocycles. The monoisotopic (exact) mass is 680 g/mol. The summed E-state index contributed by atoms with van der Waals surface area (Å²) in [5, 5.41) is 5.47. The zero-order valence-electron chi connectivity index (χ0n) is 27.2. The zero-order valence-corrected chi connectivity index (χ0v) is 28.0. The van der Waals surface area contributed by atoms with Gasteiger partial charge in [0.15, 0.2) is 0 Å². The van der Waals surface area contributed by atoms with E-state index in [0.29, 0.717) is 37.1 Å². The van der Waals surface area contributed by atoms with E-state index in [1.54, 1.807) is 6.92 Å². The topological polar surface area (TPSA) is 109 Å². The molecule has 256 valence electrons. The maximum atomic E-state index is 14.9. The van der Waals surface area contributed by atoms with Crippen LogP contribution in [0.15, 0.2) is 76.8 Å². The summed E-state index contributed by atoms with van der Waals surface area (Å²) in [6.07, 6.45) is -0.0902. The van der Waals surface area contributed by atoms with Crippen molar-refractivity contribution in [1.82, 2.24) is 9.62 Å². The number of amidine groups is 1. The molecular weight excluding hydrogens is 640 g/mol. The van der Waals surface area contributed by atoms with Crippen LogP contribution >= 0.6 is 0 Å². The van der Waals surface area contributed by atoms with Gasteiger partial charge in [-0.2, -0.15) is 18.2 Å². The van der Waals surface area contributed by atoms with Crippen molar-refractivity contribution in [2.75, 3.05) is 39.3 Å². The number of aliphatic imine (C=N–C) groups is 1. The average Bonchev–Trinajstić information content (AvgIpc) is 3.80. The lowest BCUT2D eigenvalue weighted by Gasteiger charge is -2.23. The van der Waals surface area contributed by atoms with Gasteiger partial charge in [0, 0.05) is 33.1 Å². The molecule has 0 heterocycles. The fourth-order valence-electron chi connectivity index (χ4n) is 4.34. The van der Waals surface area contributed by atoms with Crippen LogP contribution < -0.4 is 15.4 Å². The van der Waals surface area contributed by atoms with Crippen molar-refractivity contribution in [2.24, 2.45) is 10.9 Å². The average molecular weight is 681 g/mol. The highest BCUT2D eigenvalue weighted by Crippen LogP contribution is 2.35. The van der Waals surface area contributed by atoms with Gasteiger partial charge >= 0.3 is 6.18 Å². The summed E-state index contributed by atoms with van der Waals surface area (Å²) in [4.78, 5) is 16.5. The molecule has 9 nitrogen and oxygen atoms in total. The van der Waals surface area contributed by atoms with Gasteiger partial charge in [0.2, 0.25) is 15.9 Å². The van der Waals surface area contributed by atoms with E-state index in [0.717, 1.165) is 46.2 Å². The highest BCUT2D eigenvalue weighted by molar-refractivity contribution is 7.88. The smallest absolute Gasteiger partial charge is 0.421 e. The highest BCUT2D eigenvalue weighted by Gasteiger charge is 2.36. The van der Waals surface area contributed by atoms with E-state index >= 15 is 0 Å². The van der Waals surface area contributed by atoms with Crippen LogP contribution in [0.25, 0.3) is 0 Å². The number of sulfonamides is 1. The Kier molecular flexibility index (Phi) is 12.4. The molecule has 1 saturated carbocycles. The first-order valence-corrected chi connectivity index (χ1v) is 16.5. The van der Waals surface area contributed by atoms with Crippen LogP contribution in [0, 0.1) is 11.7 Å². The minimum Gasteiger partial charge on any atom is -0.495 e. The van der Waals surface area contributed by atoms with E-state index in [4.69, 9.17) is 9.47 Å². The van der Waals surface area contributed by atoms with Gasteiger partial charge in [-0.1, -0.05) is 36.9 Å². The van der Waals surface area contributed by atoms with Crippen molar-refractivity contribution in [3.05, 3.63) is 94.3 Å². The van der Waals surface area contributed by atoms with E-state index in [2.05, 4.69) is 22.2 Å². The van der Waals surface area contributed by atoms with Crippen LogP contribution in [0.2, 0.25) is 0 Å². The third kappa shape index (κ3) is 10.7. The summed E-state index contributed by atoms with van der Waals surface area (Å²) in [6, 6.07) is 9.92. The molecule has 1 amide bonds. The molecule has 1 fully saturated rings. The number of methoxy groups -OCH3 is 1. The molecule has 0 unspecified atom stereocenters. The number of rotatable bonds is 10. The lowest BCUT2D eigenvalue weighted by Crippen LogP contribution is -2.26. The molecule has 0 bridgehead atoms. The lowest BCUT2D eigenvalue weighted by molar-refractivity contribution is -0.0912. The van der Waals surface area contributed by atoms with Crippen molar-refractivity contribution >= 4 is 27.5 Å². The number of nitrogens with zero attached hydrogens (tertiary/aromatic N) is 2. The van der Waals surface area contributed by atoms with Crippen LogP contribution in [0.3, 0.4) is 0 Å². The lowest BCUT2D eigenvalue weighted by atomic mass is 9.91. The standard InChI is InChI=1S/C30H31F4N3O3.C3H9NO2S/c1-5-23(30(32,33)34)29(40-26-13-21-9-7-6-8-20(21)12-17(26)2)37-18(3)36-25-15-24(31)22(14-27(25)39-4)28(38)35-16-19-10-11-19;1-4(2)7(3,5)6/h5-9,14-15,19H,1,10-13,16H2,2-4H3,(H,35,38)(H,36,37);1-3H3/b29-23-;. The molecule has 0 aromatic heterocycles. The van der Waals surface area contributed by atoms with Crippen molar-refractivity contribution < 1.29 is 40.2 Å². The number of hydrogen-bond acceptors (Lipinski definition) is 6. The number of fused-ring (bicyclic) bond motifs is 1. The fourth-order valence-corrected chi connectivity index (χ4v) is 4.34. The predicted octanol–water partition coefficient (Wildman–Crippen LogP) is 6.36. The van der Waals surface area contributed by atoms with Gasteiger partial charge < -0.3 is 20.1 Å². The molecule has 2 N–H and O–H groups in total. The summed E-state index contributed by atoms with van der Waals surface area (Å²) in [5.41, 5.74) is 1.53. The number of alkyl halides is 3. The Morgan fingerprint density at radius 3 is 2.26 bits per heavy atom. The van der Waals surface area contributed by atoms with E-state index in [-0.39, 0.29) is 22.8 Å². The maximum absolute atomic E-state index is 14.9. The van der Waals surface area contributed by atoms with Gasteiger partial charge in [-0.15, -0.1) is 0 Å². The summed E-state index contributed by atoms with van der Waals surface area (Å²) in [6.45, 7) is 6.99. The summed E-state index contributed by atoms with van der Waals surface area (Å²) in [7, 11) is 1.42. The summed E-state index contributed by atoms with van der Waals surface area (Å²) >= 11 is 0. The number of hydrogen-bond donors (Lipinski definition) is 2. The molecule has 4 rings (SSSR count). The van der Waals surface area contributed by atoms with Crippen LogP contribution in [0.1, 0.15) is 48.2 Å². The quantitative estimate of drug-likeness (QED) is 0.0994. The van der Waals surface area contributed by atoms with Gasteiger partial charge in [-0.3, -0.25) is 4.79 Å². The Bertz CT molecular complexity index is 1690. The molecule has 2 aliphatic rings. The van der Waals surface area contributed by atoms with Crippen LogP contribution in [-0.4, -0.2) is 64.6 Å². The number of allylic oxidation sites excluding steroid dienone is 4. The normalized spacial score (nSPS) is 15.6. The Labute approximate surface area is 273 Å². The Hall–Kier alpha value is -4.17. The second-order valence-corrected chi connectivity index (χ2v) is 13.6. The largest absolute Gasteiger partial charge is 0.495 e. The van der Waals surface area contributed by atoms with E-state index in [9.17, 15) is 30.8 Å². The molecule has 0 spiro atoms. The van der Waals surface area contributed by atoms with Crippen molar-refractivity contribution in [3.63, 3.8) is 0 Å². The second kappa shape index (κ2) is 15.6. The van der Waals surface area contributed by atoms with Gasteiger partial charge in [-0.05, 0) is 61.8 Å². The number of ether oxygens (including phenoxy) is 2. The van der Waals surface area contributed by atoms with Gasteiger partial charge in [0.1, 0.15) is 28.7 Å². The van der Waals surface area contributed by atoms with Crippen LogP contribution in [0.5, 0.6) is 5.75 Å². The number of carbonyl (C=O) groups is 1. The van der Waals surface area contributed by atoms with Gasteiger partial charge in [0.25, 0.3) is 5.91 Å². The van der Waals surface area contributed by atoms with Crippen molar-refractivity contribution in [1.29, 1.82) is 0 Å². The third-order valence-electron chi connectivity index (χ3n) is 7.39. The Balaban J connectivity index is 0.000000771. The van der Waals surface area contributed by atoms with E-state index in [1.165, 1.54) is 34.2 Å². The first-order chi connectivity index (χ1) is 21.9. The molecular formula is C33H40F4N4O5S. The van der Waals surface area contributed by atoms with E-state index < -0.39 is 39.4 Å². The minimum atomic E-state index is -4.79. The molecule has 0 atom stereocenters. The molecule has 0 radical (unpaired) electrons. The third-order valence-corrected chi connectivity index (χ3v) is 8.72. The first kappa shape index (κ1) is 37.3. The van der Waals surface area contributed by atoms with Crippen molar-refractivity contribution in [2.45, 2.75) is 45.7 Å². The molecule has 0 aliphatic heterocycles. The predicted molar refractivity (Wildman–Crippen MR) is 174 cm³/mol. The molecule has 0 saturated heterocycles. The number of halogens is 4. The SMILES string of the molecule is C=C/C(=C(\N=C(/C)Nc1cc(F)c(C(=O)NCC2CC2)cc1OC)OC1=C(C)Cc2ccccc2C1)C(F)(F)F.CN(C)S(C)(=O)=O. The number of benzene rings is 2. The fraction of sp³-hybridized carbons (Fsp3) is 0.394. The number of anilines is 1. The Morgan fingerprint density at radius 2 is 1.74 bits per heavy atom. The van der Waals surface area contributed by atoms with Crippen LogP contribution in [0.4, 0.5) is 23.2 Å².